The molecule has 0 radical (unpaired) electrons. The molecule has 2 aromatic carbocycles. The van der Waals surface area contributed by atoms with Crippen LogP contribution in [0.3, 0.4) is 0 Å². The van der Waals surface area contributed by atoms with Gasteiger partial charge >= 0.3 is 5.97 Å². The van der Waals surface area contributed by atoms with E-state index in [9.17, 15) is 18.0 Å². The zero-order valence-electron chi connectivity index (χ0n) is 17.3. The highest BCUT2D eigenvalue weighted by molar-refractivity contribution is 7.89. The normalized spacial score (nSPS) is 12.0. The van der Waals surface area contributed by atoms with Crippen molar-refractivity contribution < 1.29 is 27.2 Å². The Morgan fingerprint density at radius 2 is 1.71 bits per heavy atom. The van der Waals surface area contributed by atoms with E-state index in [1.165, 1.54) is 28.6 Å². The van der Waals surface area contributed by atoms with Crippen LogP contribution in [-0.4, -0.2) is 44.2 Å². The van der Waals surface area contributed by atoms with E-state index < -0.39 is 28.4 Å². The molecule has 7 nitrogen and oxygen atoms in total. The summed E-state index contributed by atoms with van der Waals surface area (Å²) in [4.78, 5) is 24.3. The molecule has 0 spiro atoms. The molecular weight excluding hydrogens is 418 g/mol. The van der Waals surface area contributed by atoms with E-state index in [-0.39, 0.29) is 10.7 Å². The standard InChI is InChI=1S/C23H23NO6S/c1-3-24(4-2)31(27,28)19-12-9-17(10-13-19)11-14-23(26)29-16-20(25)22-15-18-7-5-6-8-21(18)30-22/h5-15H,3-4,16H2,1-2H3/b14-11-. The number of Topliss-reactive ketones (excluding diaryl/α,β-unsaturated/α-hetero) is 1. The number of para-hydroxylation sites is 1. The lowest BCUT2D eigenvalue weighted by Crippen LogP contribution is -2.30. The molecular formula is C23H23NO6S. The predicted octanol–water partition coefficient (Wildman–Crippen LogP) is 3.90. The van der Waals surface area contributed by atoms with Gasteiger partial charge in [0.25, 0.3) is 0 Å². The zero-order valence-corrected chi connectivity index (χ0v) is 18.1. The molecule has 162 valence electrons. The maximum absolute atomic E-state index is 12.5. The number of furan rings is 1. The van der Waals surface area contributed by atoms with E-state index in [0.717, 1.165) is 5.39 Å². The van der Waals surface area contributed by atoms with Gasteiger partial charge in [0, 0.05) is 24.6 Å². The Morgan fingerprint density at radius 3 is 2.35 bits per heavy atom. The Balaban J connectivity index is 1.57. The van der Waals surface area contributed by atoms with Crippen LogP contribution in [0, 0.1) is 0 Å². The molecule has 1 heterocycles. The minimum atomic E-state index is -3.53. The minimum absolute atomic E-state index is 0.128. The maximum Gasteiger partial charge on any atom is 0.331 e. The number of rotatable bonds is 9. The number of benzene rings is 2. The number of ketones is 1. The van der Waals surface area contributed by atoms with Crippen LogP contribution in [0.4, 0.5) is 0 Å². The summed E-state index contributed by atoms with van der Waals surface area (Å²) in [5, 5.41) is 0.795. The Morgan fingerprint density at radius 1 is 1.03 bits per heavy atom. The van der Waals surface area contributed by atoms with Crippen LogP contribution in [0.5, 0.6) is 0 Å². The molecule has 0 aliphatic heterocycles. The highest BCUT2D eigenvalue weighted by atomic mass is 32.2. The number of carbonyl (C=O) groups excluding carboxylic acids is 2. The summed E-state index contributed by atoms with van der Waals surface area (Å²) in [6.07, 6.45) is 2.67. The van der Waals surface area contributed by atoms with Crippen molar-refractivity contribution in [1.29, 1.82) is 0 Å². The summed E-state index contributed by atoms with van der Waals surface area (Å²) in [6, 6.07) is 15.0. The van der Waals surface area contributed by atoms with Gasteiger partial charge in [0.1, 0.15) is 5.58 Å². The van der Waals surface area contributed by atoms with E-state index in [1.807, 2.05) is 12.1 Å². The third-order valence-corrected chi connectivity index (χ3v) is 6.75. The van der Waals surface area contributed by atoms with Gasteiger partial charge in [0.2, 0.25) is 15.8 Å². The van der Waals surface area contributed by atoms with Crippen LogP contribution in [0.15, 0.2) is 70.0 Å². The number of fused-ring (bicyclic) bond motifs is 1. The van der Waals surface area contributed by atoms with Gasteiger partial charge in [-0.05, 0) is 35.9 Å². The highest BCUT2D eigenvalue weighted by Crippen LogP contribution is 2.19. The number of hydrogen-bond acceptors (Lipinski definition) is 6. The molecule has 0 saturated carbocycles. The summed E-state index contributed by atoms with van der Waals surface area (Å²) in [5.41, 5.74) is 1.21. The van der Waals surface area contributed by atoms with Crippen molar-refractivity contribution in [3.63, 3.8) is 0 Å². The summed E-state index contributed by atoms with van der Waals surface area (Å²) >= 11 is 0. The molecule has 0 atom stereocenters. The van der Waals surface area contributed by atoms with Crippen LogP contribution >= 0.6 is 0 Å². The van der Waals surface area contributed by atoms with Crippen molar-refractivity contribution in [3.8, 4) is 0 Å². The van der Waals surface area contributed by atoms with Gasteiger partial charge in [-0.25, -0.2) is 13.2 Å². The molecule has 3 rings (SSSR count). The fraction of sp³-hybridized carbons (Fsp3) is 0.217. The van der Waals surface area contributed by atoms with Crippen LogP contribution < -0.4 is 0 Å². The smallest absolute Gasteiger partial charge is 0.331 e. The lowest BCUT2D eigenvalue weighted by Gasteiger charge is -2.18. The number of esters is 1. The molecule has 8 heteroatoms. The third-order valence-electron chi connectivity index (χ3n) is 4.68. The summed E-state index contributed by atoms with van der Waals surface area (Å²) in [7, 11) is -3.53. The lowest BCUT2D eigenvalue weighted by molar-refractivity contribution is -0.136. The van der Waals surface area contributed by atoms with Crippen molar-refractivity contribution in [1.82, 2.24) is 4.31 Å². The van der Waals surface area contributed by atoms with Gasteiger partial charge in [0.05, 0.1) is 4.90 Å². The topological polar surface area (TPSA) is 93.9 Å². The molecule has 31 heavy (non-hydrogen) atoms. The first kappa shape index (κ1) is 22.5. The Labute approximate surface area is 181 Å². The number of sulfonamides is 1. The fourth-order valence-corrected chi connectivity index (χ4v) is 4.46. The van der Waals surface area contributed by atoms with Gasteiger partial charge in [-0.1, -0.05) is 44.2 Å². The van der Waals surface area contributed by atoms with Crippen molar-refractivity contribution in [3.05, 3.63) is 72.0 Å². The number of carbonyl (C=O) groups is 2. The van der Waals surface area contributed by atoms with Gasteiger partial charge < -0.3 is 9.15 Å². The molecule has 0 unspecified atom stereocenters. The zero-order chi connectivity index (χ0) is 22.4. The largest absolute Gasteiger partial charge is 0.454 e. The van der Waals surface area contributed by atoms with Gasteiger partial charge in [-0.15, -0.1) is 0 Å². The monoisotopic (exact) mass is 441 g/mol. The molecule has 0 bridgehead atoms. The first-order chi connectivity index (χ1) is 14.8. The van der Waals surface area contributed by atoms with E-state index in [4.69, 9.17) is 9.15 Å². The first-order valence-corrected chi connectivity index (χ1v) is 11.3. The highest BCUT2D eigenvalue weighted by Gasteiger charge is 2.21. The molecule has 0 fully saturated rings. The fourth-order valence-electron chi connectivity index (χ4n) is 3.00. The van der Waals surface area contributed by atoms with Crippen LogP contribution in [0.1, 0.15) is 30.0 Å². The van der Waals surface area contributed by atoms with Crippen LogP contribution in [0.2, 0.25) is 0 Å². The van der Waals surface area contributed by atoms with Gasteiger partial charge in [-0.2, -0.15) is 4.31 Å². The molecule has 0 aliphatic rings. The number of hydrogen-bond donors (Lipinski definition) is 0. The average molecular weight is 442 g/mol. The molecule has 0 saturated heterocycles. The molecule has 1 aromatic heterocycles. The van der Waals surface area contributed by atoms with Crippen LogP contribution in [0.25, 0.3) is 17.0 Å². The second-order valence-electron chi connectivity index (χ2n) is 6.67. The maximum atomic E-state index is 12.5. The molecule has 0 aliphatic carbocycles. The Hall–Kier alpha value is -3.23. The van der Waals surface area contributed by atoms with E-state index >= 15 is 0 Å². The van der Waals surface area contributed by atoms with Crippen LogP contribution in [-0.2, 0) is 19.6 Å². The number of nitrogens with zero attached hydrogens (tertiary/aromatic N) is 1. The quantitative estimate of drug-likeness (QED) is 0.284. The lowest BCUT2D eigenvalue weighted by atomic mass is 10.2. The summed E-state index contributed by atoms with van der Waals surface area (Å²) in [5.74, 6) is -1.00. The second-order valence-corrected chi connectivity index (χ2v) is 8.61. The van der Waals surface area contributed by atoms with Gasteiger partial charge in [0.15, 0.2) is 12.4 Å². The van der Waals surface area contributed by atoms with Crippen molar-refractivity contribution in [2.75, 3.05) is 19.7 Å². The SMILES string of the molecule is CCN(CC)S(=O)(=O)c1ccc(/C=C\C(=O)OCC(=O)c2cc3ccccc3o2)cc1. The average Bonchev–Trinajstić information content (AvgIpc) is 3.21. The molecule has 3 aromatic rings. The van der Waals surface area contributed by atoms with Crippen molar-refractivity contribution >= 4 is 38.8 Å². The van der Waals surface area contributed by atoms with E-state index in [2.05, 4.69) is 0 Å². The Bertz CT molecular complexity index is 1170. The summed E-state index contributed by atoms with van der Waals surface area (Å²) < 4.78 is 36.8. The third kappa shape index (κ3) is 5.28. The van der Waals surface area contributed by atoms with Gasteiger partial charge in [-0.3, -0.25) is 4.79 Å². The Kier molecular flexibility index (Phi) is 7.04. The van der Waals surface area contributed by atoms with E-state index in [0.29, 0.717) is 24.2 Å². The second kappa shape index (κ2) is 9.72. The first-order valence-electron chi connectivity index (χ1n) is 9.82. The number of ether oxygens (including phenoxy) is 1. The van der Waals surface area contributed by atoms with Crippen molar-refractivity contribution in [2.45, 2.75) is 18.7 Å². The predicted molar refractivity (Wildman–Crippen MR) is 117 cm³/mol. The van der Waals surface area contributed by atoms with Crippen molar-refractivity contribution in [2.24, 2.45) is 0 Å². The van der Waals surface area contributed by atoms with E-state index in [1.54, 1.807) is 44.2 Å². The molecule has 0 N–H and O–H groups in total. The minimum Gasteiger partial charge on any atom is -0.454 e. The summed E-state index contributed by atoms with van der Waals surface area (Å²) in [6.45, 7) is 3.90. The molecule has 0 amide bonds.